The molecule has 0 saturated heterocycles. The van der Waals surface area contributed by atoms with Crippen molar-refractivity contribution in [3.63, 3.8) is 0 Å². The van der Waals surface area contributed by atoms with Crippen molar-refractivity contribution >= 4 is 33.4 Å². The monoisotopic (exact) mass is 381 g/mol. The molecule has 0 heterocycles. The van der Waals surface area contributed by atoms with Gasteiger partial charge in [-0.25, -0.2) is 0 Å². The highest BCUT2D eigenvalue weighted by molar-refractivity contribution is 9.10. The van der Waals surface area contributed by atoms with Gasteiger partial charge in [-0.2, -0.15) is 0 Å². The number of benzene rings is 2. The minimum atomic E-state index is 0.0367. The number of hydrogen-bond donors (Lipinski definition) is 2. The molecule has 0 aliphatic carbocycles. The van der Waals surface area contributed by atoms with Crippen molar-refractivity contribution in [2.75, 3.05) is 13.6 Å². The summed E-state index contributed by atoms with van der Waals surface area (Å²) in [5, 5.41) is 3.61. The van der Waals surface area contributed by atoms with Gasteiger partial charge in [0.05, 0.1) is 7.05 Å². The fourth-order valence-electron chi connectivity index (χ4n) is 2.20. The molecule has 2 aromatic carbocycles. The Balaban J connectivity index is 1.77. The molecular weight excluding hydrogens is 364 g/mol. The molecule has 0 saturated carbocycles. The molecule has 5 heteroatoms. The second-order valence-electron chi connectivity index (χ2n) is 5.34. The summed E-state index contributed by atoms with van der Waals surface area (Å²) in [5.74, 6) is 0.0367. The summed E-state index contributed by atoms with van der Waals surface area (Å²) in [7, 11) is 2.01. The average molecular weight is 383 g/mol. The van der Waals surface area contributed by atoms with Crippen molar-refractivity contribution in [2.24, 2.45) is 0 Å². The highest BCUT2D eigenvalue weighted by Gasteiger charge is 2.10. The molecule has 1 amide bonds. The Bertz CT molecular complexity index is 631. The van der Waals surface area contributed by atoms with E-state index in [0.29, 0.717) is 18.1 Å². The van der Waals surface area contributed by atoms with E-state index in [0.717, 1.165) is 21.5 Å². The molecule has 1 unspecified atom stereocenters. The van der Waals surface area contributed by atoms with Crippen LogP contribution in [0.25, 0.3) is 0 Å². The van der Waals surface area contributed by atoms with Crippen LogP contribution in [0.3, 0.4) is 0 Å². The van der Waals surface area contributed by atoms with Gasteiger partial charge in [-0.05, 0) is 29.8 Å². The number of halogens is 2. The maximum atomic E-state index is 12.0. The van der Waals surface area contributed by atoms with Gasteiger partial charge in [-0.1, -0.05) is 51.8 Å². The predicted octanol–water partition coefficient (Wildman–Crippen LogP) is 2.43. The van der Waals surface area contributed by atoms with Gasteiger partial charge >= 0.3 is 0 Å². The summed E-state index contributed by atoms with van der Waals surface area (Å²) >= 11 is 9.35. The fourth-order valence-corrected chi connectivity index (χ4v) is 2.67. The Morgan fingerprint density at radius 2 is 1.91 bits per heavy atom. The molecule has 0 radical (unpaired) electrons. The number of quaternary nitrogens is 1. The number of nitrogens with one attached hydrogen (secondary N) is 2. The van der Waals surface area contributed by atoms with E-state index in [4.69, 9.17) is 11.6 Å². The Kier molecular flexibility index (Phi) is 6.43. The van der Waals surface area contributed by atoms with Crippen molar-refractivity contribution < 1.29 is 9.69 Å². The molecule has 0 bridgehead atoms. The summed E-state index contributed by atoms with van der Waals surface area (Å²) in [5.41, 5.74) is 2.22. The zero-order valence-corrected chi connectivity index (χ0v) is 14.7. The van der Waals surface area contributed by atoms with E-state index in [2.05, 4.69) is 33.4 Å². The highest BCUT2D eigenvalue weighted by Crippen LogP contribution is 2.10. The maximum Gasteiger partial charge on any atom is 0.275 e. The van der Waals surface area contributed by atoms with Gasteiger partial charge in [0.1, 0.15) is 6.54 Å². The molecule has 0 aliphatic heterocycles. The van der Waals surface area contributed by atoms with Gasteiger partial charge < -0.3 is 10.2 Å². The molecule has 2 N–H and O–H groups in total. The van der Waals surface area contributed by atoms with Crippen molar-refractivity contribution in [3.8, 4) is 0 Å². The van der Waals surface area contributed by atoms with Crippen LogP contribution in [0.4, 0.5) is 0 Å². The molecule has 2 aromatic rings. The van der Waals surface area contributed by atoms with Crippen LogP contribution in [0.5, 0.6) is 0 Å². The van der Waals surface area contributed by atoms with Gasteiger partial charge in [-0.15, -0.1) is 0 Å². The predicted molar refractivity (Wildman–Crippen MR) is 92.9 cm³/mol. The minimum Gasteiger partial charge on any atom is -0.347 e. The van der Waals surface area contributed by atoms with E-state index in [1.165, 1.54) is 5.56 Å². The number of hydrogen-bond acceptors (Lipinski definition) is 1. The second kappa shape index (κ2) is 8.32. The average Bonchev–Trinajstić information content (AvgIpc) is 2.47. The lowest BCUT2D eigenvalue weighted by molar-refractivity contribution is -0.885. The quantitative estimate of drug-likeness (QED) is 0.790. The van der Waals surface area contributed by atoms with Gasteiger partial charge in [0, 0.05) is 21.6 Å². The van der Waals surface area contributed by atoms with E-state index < -0.39 is 0 Å². The zero-order chi connectivity index (χ0) is 15.9. The fraction of sp³-hybridized carbons (Fsp3) is 0.235. The van der Waals surface area contributed by atoms with E-state index >= 15 is 0 Å². The van der Waals surface area contributed by atoms with Crippen molar-refractivity contribution in [3.05, 3.63) is 69.2 Å². The summed E-state index contributed by atoms with van der Waals surface area (Å²) < 4.78 is 1.06. The van der Waals surface area contributed by atoms with E-state index in [9.17, 15) is 4.79 Å². The summed E-state index contributed by atoms with van der Waals surface area (Å²) in [6.45, 7) is 1.76. The van der Waals surface area contributed by atoms with Crippen molar-refractivity contribution in [2.45, 2.75) is 13.1 Å². The van der Waals surface area contributed by atoms with Crippen molar-refractivity contribution in [1.82, 2.24) is 5.32 Å². The molecule has 0 fully saturated rings. The van der Waals surface area contributed by atoms with Crippen LogP contribution in [0.15, 0.2) is 53.0 Å². The lowest BCUT2D eigenvalue weighted by atomic mass is 10.2. The Morgan fingerprint density at radius 3 is 2.59 bits per heavy atom. The molecule has 0 aliphatic rings. The van der Waals surface area contributed by atoms with E-state index in [-0.39, 0.29) is 5.91 Å². The summed E-state index contributed by atoms with van der Waals surface area (Å²) in [6, 6.07) is 15.7. The molecule has 116 valence electrons. The Labute approximate surface area is 144 Å². The minimum absolute atomic E-state index is 0.0367. The number of rotatable bonds is 6. The second-order valence-corrected chi connectivity index (χ2v) is 6.70. The molecule has 22 heavy (non-hydrogen) atoms. The third kappa shape index (κ3) is 5.79. The normalized spacial score (nSPS) is 12.0. The molecule has 3 nitrogen and oxygen atoms in total. The third-order valence-electron chi connectivity index (χ3n) is 3.26. The van der Waals surface area contributed by atoms with E-state index in [1.807, 2.05) is 43.4 Å². The first-order valence-corrected chi connectivity index (χ1v) is 8.27. The summed E-state index contributed by atoms with van der Waals surface area (Å²) in [6.07, 6.45) is 0. The van der Waals surface area contributed by atoms with Crippen LogP contribution >= 0.6 is 27.5 Å². The van der Waals surface area contributed by atoms with E-state index in [1.54, 1.807) is 0 Å². The SMILES string of the molecule is C[NH+](CC(=O)NCc1cccc(Cl)c1)Cc1ccc(Br)cc1. The number of carbonyl (C=O) groups is 1. The number of carbonyl (C=O) groups excluding carboxylic acids is 1. The lowest BCUT2D eigenvalue weighted by Crippen LogP contribution is -3.08. The van der Waals surface area contributed by atoms with Crippen LogP contribution in [0.2, 0.25) is 5.02 Å². The topological polar surface area (TPSA) is 33.5 Å². The molecule has 1 atom stereocenters. The maximum absolute atomic E-state index is 12.0. The largest absolute Gasteiger partial charge is 0.347 e. The number of likely N-dealkylation sites (N-methyl/N-ethyl adjacent to an activating group) is 1. The Hall–Kier alpha value is -1.36. The van der Waals surface area contributed by atoms with Gasteiger partial charge in [0.2, 0.25) is 0 Å². The van der Waals surface area contributed by atoms with Crippen LogP contribution in [0, 0.1) is 0 Å². The molecule has 2 rings (SSSR count). The third-order valence-corrected chi connectivity index (χ3v) is 4.02. The zero-order valence-electron chi connectivity index (χ0n) is 12.4. The highest BCUT2D eigenvalue weighted by atomic mass is 79.9. The van der Waals surface area contributed by atoms with Gasteiger partial charge in [0.15, 0.2) is 6.54 Å². The van der Waals surface area contributed by atoms with Crippen LogP contribution < -0.4 is 10.2 Å². The standard InChI is InChI=1S/C17H18BrClN2O/c1-21(11-13-5-7-15(18)8-6-13)12-17(22)20-10-14-3-2-4-16(19)9-14/h2-9H,10-12H2,1H3,(H,20,22)/p+1. The molecule has 0 aromatic heterocycles. The van der Waals surface area contributed by atoms with Crippen molar-refractivity contribution in [1.29, 1.82) is 0 Å². The smallest absolute Gasteiger partial charge is 0.275 e. The van der Waals surface area contributed by atoms with Crippen LogP contribution in [-0.4, -0.2) is 19.5 Å². The summed E-state index contributed by atoms with van der Waals surface area (Å²) in [4.78, 5) is 13.1. The van der Waals surface area contributed by atoms with Crippen LogP contribution in [-0.2, 0) is 17.9 Å². The number of amides is 1. The molecular formula is C17H19BrClN2O+. The first-order chi connectivity index (χ1) is 10.5. The Morgan fingerprint density at radius 1 is 1.18 bits per heavy atom. The van der Waals surface area contributed by atoms with Gasteiger partial charge in [0.25, 0.3) is 5.91 Å². The van der Waals surface area contributed by atoms with Crippen LogP contribution in [0.1, 0.15) is 11.1 Å². The molecule has 0 spiro atoms. The first kappa shape index (κ1) is 17.0. The lowest BCUT2D eigenvalue weighted by Gasteiger charge is -2.14. The van der Waals surface area contributed by atoms with Gasteiger partial charge in [-0.3, -0.25) is 4.79 Å². The first-order valence-electron chi connectivity index (χ1n) is 7.10.